The number of fused-ring (bicyclic) bond motifs is 3. The molecule has 0 unspecified atom stereocenters. The Morgan fingerprint density at radius 1 is 1.03 bits per heavy atom. The summed E-state index contributed by atoms with van der Waals surface area (Å²) in [7, 11) is 0. The lowest BCUT2D eigenvalue weighted by Crippen LogP contribution is -2.39. The van der Waals surface area contributed by atoms with E-state index in [2.05, 4.69) is 45.6 Å². The quantitative estimate of drug-likeness (QED) is 0.437. The number of aryl methyl sites for hydroxylation is 2. The third kappa shape index (κ3) is 4.48. The van der Waals surface area contributed by atoms with Crippen molar-refractivity contribution in [1.29, 1.82) is 0 Å². The summed E-state index contributed by atoms with van der Waals surface area (Å²) in [5, 5.41) is 0. The number of nitrogens with zero attached hydrogens (tertiary/aromatic N) is 8. The van der Waals surface area contributed by atoms with Gasteiger partial charge in [-0.1, -0.05) is 26.8 Å². The molecule has 1 saturated heterocycles. The van der Waals surface area contributed by atoms with E-state index < -0.39 is 0 Å². The first-order valence-electron chi connectivity index (χ1n) is 12.2. The molecule has 0 N–H and O–H groups in total. The average Bonchev–Trinajstić information content (AvgIpc) is 3.46. The lowest BCUT2D eigenvalue weighted by molar-refractivity contribution is 0.0978. The first kappa shape index (κ1) is 23.3. The van der Waals surface area contributed by atoms with Gasteiger partial charge in [0.15, 0.2) is 16.8 Å². The molecule has 182 valence electrons. The van der Waals surface area contributed by atoms with E-state index in [0.717, 1.165) is 36.6 Å². The number of pyridine rings is 1. The van der Waals surface area contributed by atoms with Gasteiger partial charge in [0, 0.05) is 25.0 Å². The molecule has 0 saturated carbocycles. The Kier molecular flexibility index (Phi) is 5.96. The van der Waals surface area contributed by atoms with Crippen LogP contribution in [0.2, 0.25) is 0 Å². The number of amides is 1. The number of rotatable bonds is 5. The summed E-state index contributed by atoms with van der Waals surface area (Å²) in [6, 6.07) is 3.98. The molecule has 4 aromatic rings. The molecule has 1 aliphatic heterocycles. The van der Waals surface area contributed by atoms with E-state index >= 15 is 0 Å². The highest BCUT2D eigenvalue weighted by Crippen LogP contribution is 2.24. The maximum atomic E-state index is 13.8. The molecule has 0 aromatic carbocycles. The summed E-state index contributed by atoms with van der Waals surface area (Å²) in [6.07, 6.45) is 7.47. The van der Waals surface area contributed by atoms with Crippen LogP contribution in [0.25, 0.3) is 16.8 Å². The van der Waals surface area contributed by atoms with Gasteiger partial charge in [-0.25, -0.2) is 24.9 Å². The summed E-state index contributed by atoms with van der Waals surface area (Å²) in [5.41, 5.74) is 4.89. The van der Waals surface area contributed by atoms with Crippen LogP contribution in [0.15, 0.2) is 30.9 Å². The first-order chi connectivity index (χ1) is 16.7. The van der Waals surface area contributed by atoms with Crippen molar-refractivity contribution in [1.82, 2.24) is 34.2 Å². The molecule has 1 fully saturated rings. The SMILES string of the molecule is Cc1nc2c3nc(C(=O)N(CCN4CCCC4)c4ccc(C(C)(C)C)cn4)cnc3ncn2c1C. The number of carbonyl (C=O) groups is 1. The predicted octanol–water partition coefficient (Wildman–Crippen LogP) is 3.72. The van der Waals surface area contributed by atoms with Crippen LogP contribution in [0.5, 0.6) is 0 Å². The van der Waals surface area contributed by atoms with Crippen molar-refractivity contribution in [3.63, 3.8) is 0 Å². The molecule has 0 spiro atoms. The van der Waals surface area contributed by atoms with Crippen molar-refractivity contribution < 1.29 is 4.79 Å². The normalized spacial score (nSPS) is 14.8. The van der Waals surface area contributed by atoms with E-state index in [0.29, 0.717) is 29.2 Å². The fourth-order valence-electron chi connectivity index (χ4n) is 4.47. The van der Waals surface area contributed by atoms with Crippen molar-refractivity contribution in [3.05, 3.63) is 53.5 Å². The summed E-state index contributed by atoms with van der Waals surface area (Å²) >= 11 is 0. The molecule has 4 aromatic heterocycles. The molecule has 1 amide bonds. The number of carbonyl (C=O) groups excluding carboxylic acids is 1. The molecule has 0 atom stereocenters. The van der Waals surface area contributed by atoms with E-state index in [1.54, 1.807) is 11.2 Å². The minimum atomic E-state index is -0.225. The fraction of sp³-hybridized carbons (Fsp3) is 0.462. The number of anilines is 1. The topological polar surface area (TPSA) is 92.4 Å². The van der Waals surface area contributed by atoms with Gasteiger partial charge in [0.25, 0.3) is 5.91 Å². The van der Waals surface area contributed by atoms with Crippen LogP contribution in [-0.2, 0) is 5.41 Å². The zero-order valence-electron chi connectivity index (χ0n) is 21.1. The predicted molar refractivity (Wildman–Crippen MR) is 136 cm³/mol. The summed E-state index contributed by atoms with van der Waals surface area (Å²) in [5.74, 6) is 0.393. The lowest BCUT2D eigenvalue weighted by Gasteiger charge is -2.25. The van der Waals surface area contributed by atoms with E-state index in [9.17, 15) is 4.79 Å². The zero-order valence-corrected chi connectivity index (χ0v) is 21.1. The minimum absolute atomic E-state index is 0.0153. The molecule has 5 heterocycles. The van der Waals surface area contributed by atoms with Crippen LogP contribution >= 0.6 is 0 Å². The summed E-state index contributed by atoms with van der Waals surface area (Å²) in [4.78, 5) is 40.8. The van der Waals surface area contributed by atoms with Crippen LogP contribution < -0.4 is 4.90 Å². The van der Waals surface area contributed by atoms with Gasteiger partial charge in [-0.05, 0) is 56.8 Å². The second-order valence-electron chi connectivity index (χ2n) is 10.3. The fourth-order valence-corrected chi connectivity index (χ4v) is 4.47. The van der Waals surface area contributed by atoms with Crippen LogP contribution in [0, 0.1) is 13.8 Å². The molecular weight excluding hydrogens is 440 g/mol. The van der Waals surface area contributed by atoms with Crippen molar-refractivity contribution >= 4 is 28.5 Å². The van der Waals surface area contributed by atoms with Gasteiger partial charge >= 0.3 is 0 Å². The second kappa shape index (κ2) is 8.96. The highest BCUT2D eigenvalue weighted by Gasteiger charge is 2.24. The molecule has 9 heteroatoms. The Hall–Kier alpha value is -3.46. The van der Waals surface area contributed by atoms with Crippen LogP contribution in [0.3, 0.4) is 0 Å². The smallest absolute Gasteiger partial charge is 0.279 e. The standard InChI is InChI=1S/C26H32N8O/c1-17-18(2)34-16-29-23-22(24(34)30-17)31-20(15-28-23)25(35)33(13-12-32-10-6-7-11-32)21-9-8-19(14-27-21)26(3,4)5/h8-9,14-16H,6-7,10-13H2,1-5H3. The van der Waals surface area contributed by atoms with E-state index in [-0.39, 0.29) is 17.0 Å². The number of hydrogen-bond acceptors (Lipinski definition) is 7. The van der Waals surface area contributed by atoms with Crippen molar-refractivity contribution in [2.75, 3.05) is 31.1 Å². The summed E-state index contributed by atoms with van der Waals surface area (Å²) in [6.45, 7) is 13.8. The number of likely N-dealkylation sites (tertiary alicyclic amines) is 1. The molecule has 9 nitrogen and oxygen atoms in total. The van der Waals surface area contributed by atoms with Crippen molar-refractivity contribution in [3.8, 4) is 0 Å². The van der Waals surface area contributed by atoms with Gasteiger partial charge < -0.3 is 4.90 Å². The van der Waals surface area contributed by atoms with Gasteiger partial charge in [0.05, 0.1) is 11.9 Å². The van der Waals surface area contributed by atoms with Crippen molar-refractivity contribution in [2.45, 2.75) is 52.9 Å². The monoisotopic (exact) mass is 472 g/mol. The zero-order chi connectivity index (χ0) is 24.7. The average molecular weight is 473 g/mol. The Morgan fingerprint density at radius 2 is 1.80 bits per heavy atom. The lowest BCUT2D eigenvalue weighted by atomic mass is 9.88. The number of hydrogen-bond donors (Lipinski definition) is 0. The van der Waals surface area contributed by atoms with Gasteiger partial charge in [-0.15, -0.1) is 0 Å². The second-order valence-corrected chi connectivity index (χ2v) is 10.3. The first-order valence-corrected chi connectivity index (χ1v) is 12.2. The van der Waals surface area contributed by atoms with E-state index in [1.165, 1.54) is 19.0 Å². The van der Waals surface area contributed by atoms with Gasteiger partial charge in [-0.3, -0.25) is 14.1 Å². The minimum Gasteiger partial charge on any atom is -0.302 e. The van der Waals surface area contributed by atoms with Crippen LogP contribution in [0.1, 0.15) is 61.1 Å². The van der Waals surface area contributed by atoms with Gasteiger partial charge in [0.1, 0.15) is 17.8 Å². The Bertz CT molecular complexity index is 1380. The largest absolute Gasteiger partial charge is 0.302 e. The van der Waals surface area contributed by atoms with E-state index in [1.807, 2.05) is 36.6 Å². The third-order valence-electron chi connectivity index (χ3n) is 6.84. The molecule has 0 aliphatic carbocycles. The van der Waals surface area contributed by atoms with E-state index in [4.69, 9.17) is 4.98 Å². The number of aromatic nitrogens is 6. The highest BCUT2D eigenvalue weighted by molar-refractivity contribution is 6.05. The Morgan fingerprint density at radius 3 is 2.49 bits per heavy atom. The van der Waals surface area contributed by atoms with Gasteiger partial charge in [0.2, 0.25) is 0 Å². The molecule has 5 rings (SSSR count). The molecule has 0 radical (unpaired) electrons. The highest BCUT2D eigenvalue weighted by atomic mass is 16.2. The maximum Gasteiger partial charge on any atom is 0.279 e. The Balaban J connectivity index is 1.52. The summed E-state index contributed by atoms with van der Waals surface area (Å²) < 4.78 is 1.89. The number of imidazole rings is 1. The molecule has 1 aliphatic rings. The third-order valence-corrected chi connectivity index (χ3v) is 6.84. The van der Waals surface area contributed by atoms with Gasteiger partial charge in [-0.2, -0.15) is 0 Å². The Labute approximate surface area is 205 Å². The van der Waals surface area contributed by atoms with Crippen molar-refractivity contribution in [2.24, 2.45) is 0 Å². The molecular formula is C26H32N8O. The molecule has 0 bridgehead atoms. The van der Waals surface area contributed by atoms with Crippen LogP contribution in [0.4, 0.5) is 5.82 Å². The maximum absolute atomic E-state index is 13.8. The van der Waals surface area contributed by atoms with Crippen LogP contribution in [-0.4, -0.2) is 66.3 Å². The molecule has 35 heavy (non-hydrogen) atoms.